The van der Waals surface area contributed by atoms with Gasteiger partial charge in [0, 0.05) is 43.7 Å². The molecule has 0 fully saturated rings. The molecule has 0 aliphatic rings. The highest BCUT2D eigenvalue weighted by Gasteiger charge is 2.18. The van der Waals surface area contributed by atoms with Gasteiger partial charge in [-0.15, -0.1) is 0 Å². The number of nitrogens with zero attached hydrogens (tertiary/aromatic N) is 3. The molecule has 9 heteroatoms. The highest BCUT2D eigenvalue weighted by Crippen LogP contribution is 2.27. The van der Waals surface area contributed by atoms with Crippen molar-refractivity contribution in [3.8, 4) is 0 Å². The normalized spacial score (nSPS) is 11.4. The molecule has 0 saturated heterocycles. The Hall–Kier alpha value is -2.42. The van der Waals surface area contributed by atoms with Crippen molar-refractivity contribution in [2.24, 2.45) is 7.05 Å². The molecular weight excluding hydrogens is 320 g/mol. The number of nitro groups is 1. The first-order valence-electron chi connectivity index (χ1n) is 6.96. The second-order valence-electron chi connectivity index (χ2n) is 5.19. The minimum Gasteiger partial charge on any atom is -0.380 e. The highest BCUT2D eigenvalue weighted by molar-refractivity contribution is 7.90. The minimum atomic E-state index is -3.59. The average molecular weight is 338 g/mol. The SMILES string of the molecule is CCc1nn(C)cc1CNc1ccc([N+](=O)[O-])cc1S(C)(=O)=O. The van der Waals surface area contributed by atoms with Crippen molar-refractivity contribution >= 4 is 21.2 Å². The lowest BCUT2D eigenvalue weighted by atomic mass is 10.2. The van der Waals surface area contributed by atoms with Crippen LogP contribution in [0.3, 0.4) is 0 Å². The maximum Gasteiger partial charge on any atom is 0.270 e. The summed E-state index contributed by atoms with van der Waals surface area (Å²) >= 11 is 0. The Labute approximate surface area is 134 Å². The molecule has 2 rings (SSSR count). The lowest BCUT2D eigenvalue weighted by Crippen LogP contribution is -2.07. The third-order valence-electron chi connectivity index (χ3n) is 3.37. The molecule has 0 spiro atoms. The third kappa shape index (κ3) is 3.86. The Morgan fingerprint density at radius 2 is 2.09 bits per heavy atom. The van der Waals surface area contributed by atoms with E-state index in [2.05, 4.69) is 10.4 Å². The summed E-state index contributed by atoms with van der Waals surface area (Å²) in [5, 5.41) is 18.2. The van der Waals surface area contributed by atoms with Crippen LogP contribution in [0.25, 0.3) is 0 Å². The van der Waals surface area contributed by atoms with Crippen LogP contribution in [0.1, 0.15) is 18.2 Å². The van der Waals surface area contributed by atoms with Crippen LogP contribution in [-0.4, -0.2) is 29.4 Å². The molecule has 1 N–H and O–H groups in total. The number of aromatic nitrogens is 2. The van der Waals surface area contributed by atoms with Crippen molar-refractivity contribution in [1.82, 2.24) is 9.78 Å². The van der Waals surface area contributed by atoms with Crippen LogP contribution >= 0.6 is 0 Å². The van der Waals surface area contributed by atoms with E-state index in [9.17, 15) is 18.5 Å². The number of nitro benzene ring substituents is 1. The summed E-state index contributed by atoms with van der Waals surface area (Å²) in [5.74, 6) is 0. The summed E-state index contributed by atoms with van der Waals surface area (Å²) in [7, 11) is -1.78. The Balaban J connectivity index is 2.34. The van der Waals surface area contributed by atoms with E-state index in [-0.39, 0.29) is 10.6 Å². The van der Waals surface area contributed by atoms with E-state index in [0.29, 0.717) is 12.2 Å². The summed E-state index contributed by atoms with van der Waals surface area (Å²) < 4.78 is 25.5. The smallest absolute Gasteiger partial charge is 0.270 e. The Bertz CT molecular complexity index is 842. The van der Waals surface area contributed by atoms with Gasteiger partial charge in [0.1, 0.15) is 0 Å². The van der Waals surface area contributed by atoms with Crippen LogP contribution in [0.4, 0.5) is 11.4 Å². The van der Waals surface area contributed by atoms with Crippen molar-refractivity contribution in [2.75, 3.05) is 11.6 Å². The number of rotatable bonds is 6. The zero-order chi connectivity index (χ0) is 17.2. The molecule has 0 aliphatic carbocycles. The van der Waals surface area contributed by atoms with E-state index in [1.807, 2.05) is 20.2 Å². The number of sulfone groups is 1. The first kappa shape index (κ1) is 16.9. The van der Waals surface area contributed by atoms with Gasteiger partial charge < -0.3 is 5.32 Å². The number of aryl methyl sites for hydroxylation is 2. The second-order valence-corrected chi connectivity index (χ2v) is 7.18. The number of benzene rings is 1. The molecule has 0 bridgehead atoms. The predicted molar refractivity (Wildman–Crippen MR) is 86.1 cm³/mol. The monoisotopic (exact) mass is 338 g/mol. The summed E-state index contributed by atoms with van der Waals surface area (Å²) in [5.41, 5.74) is 1.95. The van der Waals surface area contributed by atoms with E-state index >= 15 is 0 Å². The highest BCUT2D eigenvalue weighted by atomic mass is 32.2. The van der Waals surface area contributed by atoms with E-state index in [0.717, 1.165) is 30.0 Å². The first-order chi connectivity index (χ1) is 10.7. The summed E-state index contributed by atoms with van der Waals surface area (Å²) in [6.07, 6.45) is 3.65. The maximum atomic E-state index is 11.9. The third-order valence-corrected chi connectivity index (χ3v) is 4.51. The molecule has 0 saturated carbocycles. The summed E-state index contributed by atoms with van der Waals surface area (Å²) in [6, 6.07) is 3.76. The fraction of sp³-hybridized carbons (Fsp3) is 0.357. The van der Waals surface area contributed by atoms with Crippen molar-refractivity contribution in [3.63, 3.8) is 0 Å². The molecule has 0 radical (unpaired) electrons. The van der Waals surface area contributed by atoms with Crippen LogP contribution in [0.15, 0.2) is 29.3 Å². The second kappa shape index (κ2) is 6.37. The van der Waals surface area contributed by atoms with Gasteiger partial charge in [-0.25, -0.2) is 8.42 Å². The molecule has 1 aromatic heterocycles. The van der Waals surface area contributed by atoms with Crippen LogP contribution in [0.5, 0.6) is 0 Å². The maximum absolute atomic E-state index is 11.9. The zero-order valence-electron chi connectivity index (χ0n) is 13.1. The van der Waals surface area contributed by atoms with Gasteiger partial charge in [-0.05, 0) is 12.5 Å². The molecule has 23 heavy (non-hydrogen) atoms. The zero-order valence-corrected chi connectivity index (χ0v) is 13.9. The van der Waals surface area contributed by atoms with Crippen LogP contribution in [-0.2, 0) is 29.9 Å². The average Bonchev–Trinajstić information content (AvgIpc) is 2.84. The Morgan fingerprint density at radius 3 is 2.65 bits per heavy atom. The first-order valence-corrected chi connectivity index (χ1v) is 8.85. The quantitative estimate of drug-likeness (QED) is 0.637. The number of hydrogen-bond donors (Lipinski definition) is 1. The van der Waals surface area contributed by atoms with Crippen molar-refractivity contribution in [2.45, 2.75) is 24.8 Å². The molecule has 1 heterocycles. The summed E-state index contributed by atoms with van der Waals surface area (Å²) in [4.78, 5) is 10.1. The van der Waals surface area contributed by atoms with E-state index in [1.54, 1.807) is 4.68 Å². The number of non-ortho nitro benzene ring substituents is 1. The van der Waals surface area contributed by atoms with Gasteiger partial charge >= 0.3 is 0 Å². The molecule has 124 valence electrons. The van der Waals surface area contributed by atoms with Gasteiger partial charge in [0.15, 0.2) is 9.84 Å². The topological polar surface area (TPSA) is 107 Å². The fourth-order valence-corrected chi connectivity index (χ4v) is 3.17. The Kier molecular flexibility index (Phi) is 4.69. The number of hydrogen-bond acceptors (Lipinski definition) is 6. The molecule has 0 aliphatic heterocycles. The van der Waals surface area contributed by atoms with Crippen LogP contribution in [0.2, 0.25) is 0 Å². The van der Waals surface area contributed by atoms with Gasteiger partial charge in [-0.1, -0.05) is 6.92 Å². The summed E-state index contributed by atoms with van der Waals surface area (Å²) in [6.45, 7) is 2.37. The number of anilines is 1. The van der Waals surface area contributed by atoms with Gasteiger partial charge in [0.2, 0.25) is 0 Å². The van der Waals surface area contributed by atoms with E-state index < -0.39 is 14.8 Å². The van der Waals surface area contributed by atoms with Gasteiger partial charge in [0.25, 0.3) is 5.69 Å². The molecule has 0 amide bonds. The van der Waals surface area contributed by atoms with Crippen LogP contribution < -0.4 is 5.32 Å². The van der Waals surface area contributed by atoms with Crippen molar-refractivity contribution in [3.05, 3.63) is 45.8 Å². The van der Waals surface area contributed by atoms with Crippen molar-refractivity contribution in [1.29, 1.82) is 0 Å². The van der Waals surface area contributed by atoms with Gasteiger partial charge in [-0.2, -0.15) is 5.10 Å². The predicted octanol–water partition coefficient (Wildman–Crippen LogP) is 1.91. The molecule has 8 nitrogen and oxygen atoms in total. The number of nitrogens with one attached hydrogen (secondary N) is 1. The molecule has 1 aromatic carbocycles. The van der Waals surface area contributed by atoms with Gasteiger partial charge in [0.05, 0.1) is 21.2 Å². The van der Waals surface area contributed by atoms with E-state index in [4.69, 9.17) is 0 Å². The van der Waals surface area contributed by atoms with E-state index in [1.165, 1.54) is 12.1 Å². The fourth-order valence-electron chi connectivity index (χ4n) is 2.30. The minimum absolute atomic E-state index is 0.0892. The lowest BCUT2D eigenvalue weighted by Gasteiger charge is -2.10. The van der Waals surface area contributed by atoms with Crippen LogP contribution in [0, 0.1) is 10.1 Å². The lowest BCUT2D eigenvalue weighted by molar-refractivity contribution is -0.385. The van der Waals surface area contributed by atoms with Crippen molar-refractivity contribution < 1.29 is 13.3 Å². The molecule has 0 unspecified atom stereocenters. The molecule has 0 atom stereocenters. The molecular formula is C14H18N4O4S. The van der Waals surface area contributed by atoms with Gasteiger partial charge in [-0.3, -0.25) is 14.8 Å². The molecule has 2 aromatic rings. The largest absolute Gasteiger partial charge is 0.380 e. The standard InChI is InChI=1S/C14H18N4O4S/c1-4-12-10(9-17(2)16-12)8-15-13-6-5-11(18(19)20)7-14(13)23(3,21)22/h5-7,9,15H,4,8H2,1-3H3. The Morgan fingerprint density at radius 1 is 1.39 bits per heavy atom.